The van der Waals surface area contributed by atoms with E-state index in [0.717, 1.165) is 10.5 Å². The number of fused-ring (bicyclic) bond motifs is 1. The second-order valence-electron chi connectivity index (χ2n) is 3.87. The van der Waals surface area contributed by atoms with Gasteiger partial charge >= 0.3 is 0 Å². The molecule has 0 aromatic heterocycles. The largest absolute Gasteiger partial charge is 0.479 e. The summed E-state index contributed by atoms with van der Waals surface area (Å²) < 4.78 is 5.44. The van der Waals surface area contributed by atoms with Crippen LogP contribution < -0.4 is 15.4 Å². The molecule has 88 valence electrons. The molecule has 1 heterocycles. The first-order valence-electron chi connectivity index (χ1n) is 5.40. The van der Waals surface area contributed by atoms with Crippen LogP contribution in [0.15, 0.2) is 18.2 Å². The number of anilines is 1. The molecule has 0 saturated carbocycles. The van der Waals surface area contributed by atoms with Crippen LogP contribution in [0.3, 0.4) is 0 Å². The minimum absolute atomic E-state index is 0.343. The Balaban J connectivity index is 2.45. The lowest BCUT2D eigenvalue weighted by molar-refractivity contribution is -0.124. The predicted octanol–water partition coefficient (Wildman–Crippen LogP) is 0.783. The predicted molar refractivity (Wildman–Crippen MR) is 62.4 cm³/mol. The fraction of sp³-hybridized carbons (Fsp3) is 0.333. The molecule has 1 aliphatic heterocycles. The van der Waals surface area contributed by atoms with Gasteiger partial charge in [-0.2, -0.15) is 5.26 Å². The number of nitriles is 1. The van der Waals surface area contributed by atoms with Gasteiger partial charge in [0.2, 0.25) is 0 Å². The number of nitrogens with zero attached hydrogens (tertiary/aromatic N) is 2. The Bertz CT molecular complexity index is 493. The van der Waals surface area contributed by atoms with E-state index >= 15 is 0 Å². The molecule has 5 heteroatoms. The van der Waals surface area contributed by atoms with Crippen LogP contribution in [0.4, 0.5) is 5.69 Å². The topological polar surface area (TPSA) is 79.3 Å². The third-order valence-corrected chi connectivity index (χ3v) is 2.67. The molecule has 5 nitrogen and oxygen atoms in total. The molecule has 1 aliphatic rings. The van der Waals surface area contributed by atoms with Gasteiger partial charge < -0.3 is 10.5 Å². The molecule has 1 unspecified atom stereocenters. The molecular formula is C12H13N3O2. The average Bonchev–Trinajstić information content (AvgIpc) is 2.32. The summed E-state index contributed by atoms with van der Waals surface area (Å²) in [6, 6.07) is 5.44. The normalized spacial score (nSPS) is 18.3. The van der Waals surface area contributed by atoms with Crippen molar-refractivity contribution in [3.05, 3.63) is 23.8 Å². The Kier molecular flexibility index (Phi) is 2.98. The molecule has 0 spiro atoms. The first kappa shape index (κ1) is 11.4. The van der Waals surface area contributed by atoms with E-state index in [2.05, 4.69) is 0 Å². The zero-order valence-electron chi connectivity index (χ0n) is 9.51. The number of carbonyl (C=O) groups is 1. The maximum Gasteiger partial charge on any atom is 0.281 e. The third-order valence-electron chi connectivity index (χ3n) is 2.67. The smallest absolute Gasteiger partial charge is 0.281 e. The van der Waals surface area contributed by atoms with Crippen LogP contribution >= 0.6 is 0 Å². The summed E-state index contributed by atoms with van der Waals surface area (Å²) in [5, 5.41) is 9.02. The van der Waals surface area contributed by atoms with Gasteiger partial charge in [-0.3, -0.25) is 4.79 Å². The highest BCUT2D eigenvalue weighted by molar-refractivity contribution is 6.02. The van der Waals surface area contributed by atoms with Crippen LogP contribution in [0.2, 0.25) is 0 Å². The maximum absolute atomic E-state index is 11.7. The van der Waals surface area contributed by atoms with Crippen molar-refractivity contribution in [2.75, 3.05) is 11.4 Å². The van der Waals surface area contributed by atoms with Gasteiger partial charge in [0.05, 0.1) is 0 Å². The molecule has 0 fully saturated rings. The molecule has 1 aromatic rings. The second-order valence-corrected chi connectivity index (χ2v) is 3.87. The van der Waals surface area contributed by atoms with Crippen molar-refractivity contribution >= 4 is 11.6 Å². The fourth-order valence-electron chi connectivity index (χ4n) is 1.80. The average molecular weight is 231 g/mol. The molecule has 17 heavy (non-hydrogen) atoms. The highest BCUT2D eigenvalue weighted by Gasteiger charge is 2.31. The van der Waals surface area contributed by atoms with Crippen molar-refractivity contribution in [1.82, 2.24) is 0 Å². The Morgan fingerprint density at radius 2 is 2.35 bits per heavy atom. The van der Waals surface area contributed by atoms with Gasteiger partial charge in [-0.05, 0) is 37.6 Å². The lowest BCUT2D eigenvalue weighted by atomic mass is 10.1. The van der Waals surface area contributed by atoms with E-state index in [-0.39, 0.29) is 5.91 Å². The van der Waals surface area contributed by atoms with Crippen molar-refractivity contribution in [3.63, 3.8) is 0 Å². The van der Waals surface area contributed by atoms with Crippen molar-refractivity contribution in [3.8, 4) is 11.9 Å². The van der Waals surface area contributed by atoms with E-state index in [1.165, 1.54) is 0 Å². The summed E-state index contributed by atoms with van der Waals surface area (Å²) in [4.78, 5) is 12.8. The highest BCUT2D eigenvalue weighted by atomic mass is 16.5. The Hall–Kier alpha value is -2.06. The van der Waals surface area contributed by atoms with Gasteiger partial charge in [0, 0.05) is 0 Å². The standard InChI is InChI=1S/C12H13N3O2/c1-8-12(16)15(7-14)10-6-9(4-5-13)2-3-11(10)17-8/h2-3,6,8H,4-5,13H2,1H3. The molecule has 2 N–H and O–H groups in total. The van der Waals surface area contributed by atoms with Crippen LogP contribution in [-0.4, -0.2) is 18.6 Å². The molecule has 0 radical (unpaired) electrons. The van der Waals surface area contributed by atoms with Crippen molar-refractivity contribution in [2.45, 2.75) is 19.4 Å². The lowest BCUT2D eigenvalue weighted by Crippen LogP contribution is -2.41. The first-order valence-corrected chi connectivity index (χ1v) is 5.40. The van der Waals surface area contributed by atoms with Crippen LogP contribution in [-0.2, 0) is 11.2 Å². The molecule has 2 rings (SSSR count). The summed E-state index contributed by atoms with van der Waals surface area (Å²) in [5.74, 6) is 0.212. The molecule has 0 aliphatic carbocycles. The zero-order valence-corrected chi connectivity index (χ0v) is 9.51. The Morgan fingerprint density at radius 1 is 1.59 bits per heavy atom. The van der Waals surface area contributed by atoms with E-state index < -0.39 is 6.10 Å². The number of carbonyl (C=O) groups excluding carboxylic acids is 1. The van der Waals surface area contributed by atoms with Gasteiger partial charge in [-0.1, -0.05) is 6.07 Å². The quantitative estimate of drug-likeness (QED) is 0.763. The van der Waals surface area contributed by atoms with Crippen LogP contribution in [0.5, 0.6) is 5.75 Å². The van der Waals surface area contributed by atoms with E-state index in [0.29, 0.717) is 24.4 Å². The van der Waals surface area contributed by atoms with E-state index in [1.807, 2.05) is 12.3 Å². The fourth-order valence-corrected chi connectivity index (χ4v) is 1.80. The van der Waals surface area contributed by atoms with E-state index in [1.54, 1.807) is 19.1 Å². The van der Waals surface area contributed by atoms with Crippen LogP contribution in [0.1, 0.15) is 12.5 Å². The lowest BCUT2D eigenvalue weighted by Gasteiger charge is -2.28. The first-order chi connectivity index (χ1) is 8.17. The molecule has 0 saturated heterocycles. The zero-order chi connectivity index (χ0) is 12.4. The molecular weight excluding hydrogens is 218 g/mol. The second kappa shape index (κ2) is 4.44. The van der Waals surface area contributed by atoms with Gasteiger partial charge in [0.25, 0.3) is 5.91 Å². The Morgan fingerprint density at radius 3 is 3.00 bits per heavy atom. The Labute approximate surface area is 99.4 Å². The number of hydrogen-bond donors (Lipinski definition) is 1. The molecule has 0 bridgehead atoms. The summed E-state index contributed by atoms with van der Waals surface area (Å²) in [6.45, 7) is 2.15. The van der Waals surface area contributed by atoms with Crippen molar-refractivity contribution in [2.24, 2.45) is 5.73 Å². The molecule has 1 aromatic carbocycles. The maximum atomic E-state index is 11.7. The minimum atomic E-state index is -0.623. The summed E-state index contributed by atoms with van der Waals surface area (Å²) in [5.41, 5.74) is 6.96. The highest BCUT2D eigenvalue weighted by Crippen LogP contribution is 2.34. The number of hydrogen-bond acceptors (Lipinski definition) is 4. The summed E-state index contributed by atoms with van der Waals surface area (Å²) in [7, 11) is 0. The SMILES string of the molecule is CC1Oc2ccc(CCN)cc2N(C#N)C1=O. The van der Waals surface area contributed by atoms with Crippen LogP contribution in [0, 0.1) is 11.5 Å². The van der Waals surface area contributed by atoms with Gasteiger partial charge in [0.15, 0.2) is 12.3 Å². The monoisotopic (exact) mass is 231 g/mol. The summed E-state index contributed by atoms with van der Waals surface area (Å²) >= 11 is 0. The number of benzene rings is 1. The molecule has 1 atom stereocenters. The van der Waals surface area contributed by atoms with Crippen molar-refractivity contribution < 1.29 is 9.53 Å². The van der Waals surface area contributed by atoms with E-state index in [9.17, 15) is 4.79 Å². The third kappa shape index (κ3) is 1.95. The van der Waals surface area contributed by atoms with Gasteiger partial charge in [-0.15, -0.1) is 0 Å². The number of amides is 1. The number of rotatable bonds is 2. The number of ether oxygens (including phenoxy) is 1. The summed E-state index contributed by atoms with van der Waals surface area (Å²) in [6.07, 6.45) is 1.96. The van der Waals surface area contributed by atoms with Gasteiger partial charge in [-0.25, -0.2) is 4.90 Å². The number of nitrogens with two attached hydrogens (primary N) is 1. The minimum Gasteiger partial charge on any atom is -0.479 e. The van der Waals surface area contributed by atoms with Gasteiger partial charge in [0.1, 0.15) is 11.4 Å². The van der Waals surface area contributed by atoms with E-state index in [4.69, 9.17) is 15.7 Å². The van der Waals surface area contributed by atoms with Crippen LogP contribution in [0.25, 0.3) is 0 Å². The van der Waals surface area contributed by atoms with Crippen molar-refractivity contribution in [1.29, 1.82) is 5.26 Å². The molecule has 1 amide bonds.